The molecule has 0 aliphatic heterocycles. The van der Waals surface area contributed by atoms with Gasteiger partial charge in [-0.3, -0.25) is 9.48 Å². The first-order valence-electron chi connectivity index (χ1n) is 6.96. The first kappa shape index (κ1) is 19.4. The second kappa shape index (κ2) is 7.31. The van der Waals surface area contributed by atoms with Crippen LogP contribution in [-0.2, 0) is 26.7 Å². The molecule has 0 aliphatic rings. The number of oxime groups is 1. The summed E-state index contributed by atoms with van der Waals surface area (Å²) in [5.74, 6) is -0.725. The molecule has 1 aromatic rings. The molecule has 130 valence electrons. The number of rotatable bonds is 6. The van der Waals surface area contributed by atoms with Gasteiger partial charge in [-0.15, -0.1) is 0 Å². The predicted molar refractivity (Wildman–Crippen MR) is 86.9 cm³/mol. The van der Waals surface area contributed by atoms with Crippen molar-refractivity contribution < 1.29 is 18.0 Å². The highest BCUT2D eigenvalue weighted by Crippen LogP contribution is 2.27. The van der Waals surface area contributed by atoms with Crippen LogP contribution in [0.5, 0.6) is 0 Å². The zero-order chi connectivity index (χ0) is 17.9. The summed E-state index contributed by atoms with van der Waals surface area (Å²) in [5.41, 5.74) is 0.835. The highest BCUT2D eigenvalue weighted by molar-refractivity contribution is 7.89. The van der Waals surface area contributed by atoms with Crippen LogP contribution in [0.1, 0.15) is 33.4 Å². The number of halogens is 1. The molecule has 23 heavy (non-hydrogen) atoms. The van der Waals surface area contributed by atoms with E-state index in [1.54, 1.807) is 20.8 Å². The molecule has 0 aliphatic carbocycles. The Morgan fingerprint density at radius 1 is 1.48 bits per heavy atom. The van der Waals surface area contributed by atoms with E-state index in [1.807, 2.05) is 0 Å². The van der Waals surface area contributed by atoms with Crippen molar-refractivity contribution in [3.05, 3.63) is 10.8 Å². The molecule has 0 radical (unpaired) electrons. The maximum absolute atomic E-state index is 12.8. The summed E-state index contributed by atoms with van der Waals surface area (Å²) in [6.07, 6.45) is -1.05. The topological polar surface area (TPSA) is 93.9 Å². The molecule has 0 fully saturated rings. The molecule has 1 atom stereocenters. The number of aryl methyl sites for hydroxylation is 2. The van der Waals surface area contributed by atoms with Crippen LogP contribution >= 0.6 is 11.6 Å². The standard InChI is InChI=1S/C13H21ClN4O4S/c1-7-18(13(19)10(5)22-16-8(2)3)23(20,21)11-9(4)15-17(6)12(11)14/h10H,7H2,1-6H3. The lowest BCUT2D eigenvalue weighted by Gasteiger charge is -2.23. The van der Waals surface area contributed by atoms with Gasteiger partial charge >= 0.3 is 0 Å². The molecular formula is C13H21ClN4O4S. The third-order valence-corrected chi connectivity index (χ3v) is 5.49. The molecule has 1 amide bonds. The van der Waals surface area contributed by atoms with Crippen molar-refractivity contribution in [2.45, 2.75) is 45.6 Å². The Balaban J connectivity index is 3.22. The Kier molecular flexibility index (Phi) is 6.18. The van der Waals surface area contributed by atoms with Crippen LogP contribution in [0, 0.1) is 6.92 Å². The molecule has 1 aromatic heterocycles. The van der Waals surface area contributed by atoms with E-state index in [-0.39, 0.29) is 22.3 Å². The molecule has 0 saturated carbocycles. The zero-order valence-corrected chi connectivity index (χ0v) is 15.6. The maximum Gasteiger partial charge on any atom is 0.279 e. The van der Waals surface area contributed by atoms with E-state index in [0.29, 0.717) is 10.0 Å². The van der Waals surface area contributed by atoms with Gasteiger partial charge in [-0.05, 0) is 34.6 Å². The van der Waals surface area contributed by atoms with Crippen LogP contribution in [0.2, 0.25) is 5.15 Å². The molecule has 0 bridgehead atoms. The number of sulfonamides is 1. The molecule has 10 heteroatoms. The van der Waals surface area contributed by atoms with Crippen LogP contribution in [0.15, 0.2) is 10.1 Å². The normalized spacial score (nSPS) is 12.7. The van der Waals surface area contributed by atoms with Crippen LogP contribution < -0.4 is 0 Å². The van der Waals surface area contributed by atoms with E-state index < -0.39 is 22.0 Å². The van der Waals surface area contributed by atoms with Gasteiger partial charge in [0.15, 0.2) is 0 Å². The summed E-state index contributed by atoms with van der Waals surface area (Å²) in [4.78, 5) is 17.3. The van der Waals surface area contributed by atoms with E-state index >= 15 is 0 Å². The number of carbonyl (C=O) groups is 1. The highest BCUT2D eigenvalue weighted by Gasteiger charge is 2.36. The van der Waals surface area contributed by atoms with E-state index in [4.69, 9.17) is 16.4 Å². The van der Waals surface area contributed by atoms with E-state index in [9.17, 15) is 13.2 Å². The summed E-state index contributed by atoms with van der Waals surface area (Å²) < 4.78 is 27.5. The molecule has 1 rings (SSSR count). The third kappa shape index (κ3) is 4.03. The van der Waals surface area contributed by atoms with E-state index in [1.165, 1.54) is 25.6 Å². The molecule has 8 nitrogen and oxygen atoms in total. The summed E-state index contributed by atoms with van der Waals surface area (Å²) in [5, 5.41) is 7.61. The van der Waals surface area contributed by atoms with Gasteiger partial charge in [0.05, 0.1) is 11.4 Å². The van der Waals surface area contributed by atoms with Crippen molar-refractivity contribution in [1.29, 1.82) is 0 Å². The fraction of sp³-hybridized carbons (Fsp3) is 0.615. The zero-order valence-electron chi connectivity index (χ0n) is 14.0. The predicted octanol–water partition coefficient (Wildman–Crippen LogP) is 1.72. The van der Waals surface area contributed by atoms with Gasteiger partial charge in [-0.1, -0.05) is 16.8 Å². The summed E-state index contributed by atoms with van der Waals surface area (Å²) >= 11 is 6.02. The van der Waals surface area contributed by atoms with Crippen molar-refractivity contribution in [3.8, 4) is 0 Å². The number of nitrogens with zero attached hydrogens (tertiary/aromatic N) is 4. The minimum atomic E-state index is -4.13. The molecule has 0 aromatic carbocycles. The smallest absolute Gasteiger partial charge is 0.279 e. The number of likely N-dealkylation sites (N-methyl/N-ethyl adjacent to an activating group) is 1. The summed E-state index contributed by atoms with van der Waals surface area (Å²) in [6.45, 7) is 7.84. The van der Waals surface area contributed by atoms with Gasteiger partial charge in [-0.25, -0.2) is 12.7 Å². The molecular weight excluding hydrogens is 344 g/mol. The molecule has 1 unspecified atom stereocenters. The Morgan fingerprint density at radius 2 is 2.04 bits per heavy atom. The van der Waals surface area contributed by atoms with Gasteiger partial charge in [0.2, 0.25) is 6.10 Å². The average Bonchev–Trinajstić information content (AvgIpc) is 2.69. The fourth-order valence-corrected chi connectivity index (χ4v) is 4.06. The molecule has 0 N–H and O–H groups in total. The monoisotopic (exact) mass is 364 g/mol. The quantitative estimate of drug-likeness (QED) is 0.566. The second-order valence-electron chi connectivity index (χ2n) is 5.12. The second-order valence-corrected chi connectivity index (χ2v) is 7.28. The van der Waals surface area contributed by atoms with Crippen LogP contribution in [0.4, 0.5) is 0 Å². The van der Waals surface area contributed by atoms with Gasteiger partial charge < -0.3 is 4.84 Å². The first-order chi connectivity index (χ1) is 10.5. The van der Waals surface area contributed by atoms with Crippen LogP contribution in [-0.4, -0.2) is 46.8 Å². The summed E-state index contributed by atoms with van der Waals surface area (Å²) in [6, 6.07) is 0. The summed E-state index contributed by atoms with van der Waals surface area (Å²) in [7, 11) is -2.61. The minimum absolute atomic E-state index is 0.0512. The largest absolute Gasteiger partial charge is 0.383 e. The molecule has 0 spiro atoms. The van der Waals surface area contributed by atoms with Crippen molar-refractivity contribution in [2.24, 2.45) is 12.2 Å². The van der Waals surface area contributed by atoms with E-state index in [2.05, 4.69) is 10.3 Å². The number of carbonyl (C=O) groups excluding carboxylic acids is 1. The van der Waals surface area contributed by atoms with Crippen molar-refractivity contribution in [2.75, 3.05) is 6.54 Å². The lowest BCUT2D eigenvalue weighted by molar-refractivity contribution is -0.137. The number of hydrogen-bond donors (Lipinski definition) is 0. The van der Waals surface area contributed by atoms with Gasteiger partial charge in [-0.2, -0.15) is 5.10 Å². The fourth-order valence-electron chi connectivity index (χ4n) is 1.89. The number of aromatic nitrogens is 2. The third-order valence-electron chi connectivity index (χ3n) is 2.92. The van der Waals surface area contributed by atoms with Crippen LogP contribution in [0.25, 0.3) is 0 Å². The maximum atomic E-state index is 12.8. The van der Waals surface area contributed by atoms with Crippen molar-refractivity contribution in [3.63, 3.8) is 0 Å². The lowest BCUT2D eigenvalue weighted by atomic mass is 10.4. The van der Waals surface area contributed by atoms with Crippen LogP contribution in [0.3, 0.4) is 0 Å². The van der Waals surface area contributed by atoms with Gasteiger partial charge in [0.1, 0.15) is 10.0 Å². The Morgan fingerprint density at radius 3 is 2.43 bits per heavy atom. The number of amides is 1. The highest BCUT2D eigenvalue weighted by atomic mass is 35.5. The Bertz CT molecular complexity index is 723. The van der Waals surface area contributed by atoms with Gasteiger partial charge in [0.25, 0.3) is 15.9 Å². The Labute approximate surface area is 141 Å². The van der Waals surface area contributed by atoms with Gasteiger partial charge in [0, 0.05) is 13.6 Å². The minimum Gasteiger partial charge on any atom is -0.383 e. The van der Waals surface area contributed by atoms with Crippen molar-refractivity contribution >= 4 is 33.2 Å². The van der Waals surface area contributed by atoms with E-state index in [0.717, 1.165) is 0 Å². The first-order valence-corrected chi connectivity index (χ1v) is 8.78. The molecule has 0 saturated heterocycles. The molecule has 1 heterocycles. The SMILES string of the molecule is CCN(C(=O)C(C)ON=C(C)C)S(=O)(=O)c1c(C)nn(C)c1Cl. The Hall–Kier alpha value is -1.61. The lowest BCUT2D eigenvalue weighted by Crippen LogP contribution is -2.42. The average molecular weight is 365 g/mol. The van der Waals surface area contributed by atoms with Crippen molar-refractivity contribution in [1.82, 2.24) is 14.1 Å². The number of hydrogen-bond acceptors (Lipinski definition) is 6.